The first-order chi connectivity index (χ1) is 19.3. The zero-order chi connectivity index (χ0) is 28.1. The van der Waals surface area contributed by atoms with E-state index in [1.54, 1.807) is 18.2 Å². The lowest BCUT2D eigenvalue weighted by molar-refractivity contribution is -0.126. The molecule has 3 aliphatic rings. The molecule has 5 rings (SSSR count). The van der Waals surface area contributed by atoms with Gasteiger partial charge in [-0.05, 0) is 44.0 Å². The molecule has 4 heterocycles. The maximum Gasteiger partial charge on any atom is 0.321 e. The van der Waals surface area contributed by atoms with Crippen molar-refractivity contribution in [3.05, 3.63) is 48.2 Å². The van der Waals surface area contributed by atoms with E-state index in [1.165, 1.54) is 21.5 Å². The van der Waals surface area contributed by atoms with Crippen molar-refractivity contribution in [2.45, 2.75) is 36.8 Å². The summed E-state index contributed by atoms with van der Waals surface area (Å²) in [6.07, 6.45) is 2.98. The zero-order valence-electron chi connectivity index (χ0n) is 22.6. The van der Waals surface area contributed by atoms with Crippen molar-refractivity contribution in [1.82, 2.24) is 19.5 Å². The number of benzene rings is 1. The van der Waals surface area contributed by atoms with Crippen LogP contribution in [0.2, 0.25) is 0 Å². The Kier molecular flexibility index (Phi) is 8.84. The molecule has 40 heavy (non-hydrogen) atoms. The molecular formula is C27H36N6O6S. The Labute approximate surface area is 234 Å². The Hall–Kier alpha value is -3.26. The van der Waals surface area contributed by atoms with Gasteiger partial charge in [0.1, 0.15) is 16.8 Å². The first-order valence-electron chi connectivity index (χ1n) is 13.6. The summed E-state index contributed by atoms with van der Waals surface area (Å²) in [5, 5.41) is 5.69. The molecule has 216 valence electrons. The first kappa shape index (κ1) is 28.3. The summed E-state index contributed by atoms with van der Waals surface area (Å²) in [7, 11) is -4.08. The van der Waals surface area contributed by atoms with Gasteiger partial charge in [0.05, 0.1) is 19.3 Å². The number of carbonyl (C=O) groups excluding carboxylic acids is 2. The molecule has 2 atom stereocenters. The number of urea groups is 1. The fraction of sp³-hybridized carbons (Fsp3) is 0.519. The van der Waals surface area contributed by atoms with E-state index in [0.29, 0.717) is 44.4 Å². The van der Waals surface area contributed by atoms with Crippen molar-refractivity contribution in [3.8, 4) is 0 Å². The average Bonchev–Trinajstić information content (AvgIpc) is 3.51. The van der Waals surface area contributed by atoms with Crippen LogP contribution in [0.25, 0.3) is 0 Å². The number of morpholine rings is 1. The minimum Gasteiger partial charge on any atom is -0.378 e. The molecule has 1 aromatic heterocycles. The monoisotopic (exact) mass is 572 g/mol. The molecule has 3 fully saturated rings. The lowest BCUT2D eigenvalue weighted by atomic mass is 10.2. The summed E-state index contributed by atoms with van der Waals surface area (Å²) in [6.45, 7) is 5.43. The molecule has 3 amide bonds. The summed E-state index contributed by atoms with van der Waals surface area (Å²) >= 11 is 0. The topological polar surface area (TPSA) is 133 Å². The number of sulfonamides is 1. The highest BCUT2D eigenvalue weighted by atomic mass is 32.2. The van der Waals surface area contributed by atoms with E-state index in [-0.39, 0.29) is 37.2 Å². The normalized spacial score (nSPS) is 22.2. The summed E-state index contributed by atoms with van der Waals surface area (Å²) in [5.74, 6) is 0.204. The van der Waals surface area contributed by atoms with Gasteiger partial charge in [0, 0.05) is 57.8 Å². The van der Waals surface area contributed by atoms with Crippen molar-refractivity contribution in [3.63, 3.8) is 0 Å². The highest BCUT2D eigenvalue weighted by molar-refractivity contribution is 7.89. The van der Waals surface area contributed by atoms with Crippen molar-refractivity contribution in [2.75, 3.05) is 69.3 Å². The van der Waals surface area contributed by atoms with E-state index in [0.717, 1.165) is 18.4 Å². The van der Waals surface area contributed by atoms with E-state index in [4.69, 9.17) is 9.47 Å². The van der Waals surface area contributed by atoms with Gasteiger partial charge in [0.2, 0.25) is 15.9 Å². The lowest BCUT2D eigenvalue weighted by Gasteiger charge is -2.39. The second-order valence-electron chi connectivity index (χ2n) is 10.2. The second-order valence-corrected chi connectivity index (χ2v) is 12.1. The Morgan fingerprint density at radius 1 is 1.02 bits per heavy atom. The molecule has 12 nitrogen and oxygen atoms in total. The minimum absolute atomic E-state index is 0.000933. The van der Waals surface area contributed by atoms with Gasteiger partial charge in [0.25, 0.3) is 0 Å². The number of piperazine rings is 1. The fourth-order valence-electron chi connectivity index (χ4n) is 5.07. The van der Waals surface area contributed by atoms with Crippen LogP contribution in [0.5, 0.6) is 0 Å². The van der Waals surface area contributed by atoms with Crippen LogP contribution >= 0.6 is 0 Å². The highest BCUT2D eigenvalue weighted by Crippen LogP contribution is 2.24. The van der Waals surface area contributed by atoms with E-state index in [9.17, 15) is 18.0 Å². The quantitative estimate of drug-likeness (QED) is 0.509. The third kappa shape index (κ3) is 6.54. The molecule has 2 aromatic rings. The molecular weight excluding hydrogens is 536 g/mol. The van der Waals surface area contributed by atoms with Gasteiger partial charge in [0.15, 0.2) is 0 Å². The minimum atomic E-state index is -4.08. The molecule has 2 unspecified atom stereocenters. The third-order valence-electron chi connectivity index (χ3n) is 7.41. The van der Waals surface area contributed by atoms with Crippen molar-refractivity contribution in [1.29, 1.82) is 0 Å². The van der Waals surface area contributed by atoms with Crippen molar-refractivity contribution in [2.24, 2.45) is 0 Å². The van der Waals surface area contributed by atoms with Gasteiger partial charge in [-0.2, -0.15) is 4.31 Å². The number of aromatic nitrogens is 1. The van der Waals surface area contributed by atoms with Crippen LogP contribution in [0, 0.1) is 6.92 Å². The summed E-state index contributed by atoms with van der Waals surface area (Å²) in [6, 6.07) is 9.07. The summed E-state index contributed by atoms with van der Waals surface area (Å²) in [5.41, 5.74) is 1.68. The Morgan fingerprint density at radius 2 is 1.80 bits per heavy atom. The number of hydrogen-bond acceptors (Lipinski definition) is 8. The predicted octanol–water partition coefficient (Wildman–Crippen LogP) is 1.43. The lowest BCUT2D eigenvalue weighted by Crippen LogP contribution is -2.62. The largest absolute Gasteiger partial charge is 0.378 e. The molecule has 0 aliphatic carbocycles. The number of ether oxygens (including phenoxy) is 2. The van der Waals surface area contributed by atoms with Crippen molar-refractivity contribution < 1.29 is 27.5 Å². The van der Waals surface area contributed by atoms with Gasteiger partial charge in [-0.25, -0.2) is 18.2 Å². The molecule has 1 aromatic carbocycles. The molecule has 2 N–H and O–H groups in total. The van der Waals surface area contributed by atoms with Gasteiger partial charge in [-0.15, -0.1) is 0 Å². The number of nitrogens with one attached hydrogen (secondary N) is 2. The van der Waals surface area contributed by atoms with E-state index < -0.39 is 28.0 Å². The number of anilines is 2. The number of pyridine rings is 1. The molecule has 0 bridgehead atoms. The van der Waals surface area contributed by atoms with E-state index >= 15 is 0 Å². The molecule has 0 saturated carbocycles. The second kappa shape index (κ2) is 12.5. The average molecular weight is 573 g/mol. The molecule has 3 aliphatic heterocycles. The van der Waals surface area contributed by atoms with Crippen LogP contribution in [0.3, 0.4) is 0 Å². The number of carbonyl (C=O) groups is 2. The third-order valence-corrected chi connectivity index (χ3v) is 9.31. The van der Waals surface area contributed by atoms with Gasteiger partial charge >= 0.3 is 6.03 Å². The summed E-state index contributed by atoms with van der Waals surface area (Å²) in [4.78, 5) is 34.4. The number of rotatable bonds is 7. The number of nitrogens with zero attached hydrogens (tertiary/aromatic N) is 4. The number of aryl methyl sites for hydroxylation is 1. The first-order valence-corrected chi connectivity index (χ1v) is 15.1. The smallest absolute Gasteiger partial charge is 0.321 e. The highest BCUT2D eigenvalue weighted by Gasteiger charge is 2.41. The Bertz CT molecular complexity index is 1280. The maximum atomic E-state index is 13.8. The number of hydrogen-bond donors (Lipinski definition) is 2. The Balaban J connectivity index is 1.33. The standard InChI is InChI=1S/C27H36N6O6S/c1-20-4-6-21(7-5-20)30-27(35)32-10-11-33(24(19-32)26(34)29-17-22-3-2-14-39-22)40(36,37)23-8-9-25(28-18-23)31-12-15-38-16-13-31/h4-9,18,22,24H,2-3,10-17,19H2,1H3,(H,29,34)(H,30,35). The Morgan fingerprint density at radius 3 is 2.48 bits per heavy atom. The molecule has 3 saturated heterocycles. The van der Waals surface area contributed by atoms with E-state index in [1.807, 2.05) is 24.0 Å². The predicted molar refractivity (Wildman–Crippen MR) is 149 cm³/mol. The molecule has 0 spiro atoms. The van der Waals surface area contributed by atoms with E-state index in [2.05, 4.69) is 15.6 Å². The zero-order valence-corrected chi connectivity index (χ0v) is 23.4. The van der Waals surface area contributed by atoms with Crippen LogP contribution in [-0.2, 0) is 24.3 Å². The SMILES string of the molecule is Cc1ccc(NC(=O)N2CCN(S(=O)(=O)c3ccc(N4CCOCC4)nc3)C(C(=O)NCC3CCCO3)C2)cc1. The summed E-state index contributed by atoms with van der Waals surface area (Å²) < 4.78 is 39.7. The molecule has 13 heteroatoms. The maximum absolute atomic E-state index is 13.8. The fourth-order valence-corrected chi connectivity index (χ4v) is 6.59. The van der Waals surface area contributed by atoms with Crippen LogP contribution in [-0.4, -0.2) is 106 Å². The number of amides is 3. The van der Waals surface area contributed by atoms with Gasteiger partial charge < -0.3 is 29.9 Å². The van der Waals surface area contributed by atoms with Crippen LogP contribution in [0.1, 0.15) is 18.4 Å². The van der Waals surface area contributed by atoms with Crippen LogP contribution in [0.15, 0.2) is 47.5 Å². The van der Waals surface area contributed by atoms with Crippen LogP contribution in [0.4, 0.5) is 16.3 Å². The van der Waals surface area contributed by atoms with Gasteiger partial charge in [-0.1, -0.05) is 17.7 Å². The molecule has 0 radical (unpaired) electrons. The van der Waals surface area contributed by atoms with Crippen molar-refractivity contribution >= 4 is 33.5 Å². The van der Waals surface area contributed by atoms with Gasteiger partial charge in [-0.3, -0.25) is 4.79 Å². The van der Waals surface area contributed by atoms with Crippen LogP contribution < -0.4 is 15.5 Å².